The molecule has 0 aliphatic heterocycles. The van der Waals surface area contributed by atoms with Gasteiger partial charge in [0, 0.05) is 24.4 Å². The number of anilines is 1. The van der Waals surface area contributed by atoms with Gasteiger partial charge in [-0.25, -0.2) is 9.36 Å². The minimum atomic E-state index is -0.701. The zero-order valence-electron chi connectivity index (χ0n) is 22.5. The first-order valence-corrected chi connectivity index (χ1v) is 13.4. The van der Waals surface area contributed by atoms with E-state index in [1.807, 2.05) is 72.8 Å². The summed E-state index contributed by atoms with van der Waals surface area (Å²) in [6, 6.07) is 26.1. The highest BCUT2D eigenvalue weighted by atomic mass is 79.9. The van der Waals surface area contributed by atoms with Crippen LogP contribution in [0, 0.1) is 18.3 Å². The van der Waals surface area contributed by atoms with E-state index < -0.39 is 11.5 Å². The fourth-order valence-corrected chi connectivity index (χ4v) is 4.98. The van der Waals surface area contributed by atoms with Gasteiger partial charge in [-0.3, -0.25) is 14.3 Å². The summed E-state index contributed by atoms with van der Waals surface area (Å²) in [5, 5.41) is 17.4. The largest absolute Gasteiger partial charge is 0.496 e. The molecular weight excluding hydrogens is 584 g/mol. The van der Waals surface area contributed by atoms with Gasteiger partial charge in [-0.05, 0) is 71.4 Å². The van der Waals surface area contributed by atoms with Gasteiger partial charge >= 0.3 is 0 Å². The molecule has 0 aliphatic carbocycles. The Hall–Kier alpha value is -5.14. The first-order chi connectivity index (χ1) is 19.8. The molecule has 0 aliphatic rings. The molecule has 204 valence electrons. The van der Waals surface area contributed by atoms with Gasteiger partial charge in [0.15, 0.2) is 0 Å². The summed E-state index contributed by atoms with van der Waals surface area (Å²) < 4.78 is 10.9. The molecule has 3 aromatic carbocycles. The number of aromatic nitrogens is 4. The van der Waals surface area contributed by atoms with Gasteiger partial charge in [-0.15, -0.1) is 0 Å². The van der Waals surface area contributed by atoms with Gasteiger partial charge in [0.25, 0.3) is 11.5 Å². The van der Waals surface area contributed by atoms with Crippen molar-refractivity contribution in [1.29, 1.82) is 5.26 Å². The fourth-order valence-electron chi connectivity index (χ4n) is 4.44. The van der Waals surface area contributed by atoms with Crippen LogP contribution >= 0.6 is 15.9 Å². The van der Waals surface area contributed by atoms with Crippen molar-refractivity contribution in [2.75, 3.05) is 12.4 Å². The van der Waals surface area contributed by atoms with Crippen LogP contribution in [0.1, 0.15) is 11.3 Å². The molecule has 0 unspecified atom stereocenters. The predicted octanol–water partition coefficient (Wildman–Crippen LogP) is 5.65. The zero-order chi connectivity index (χ0) is 29.1. The van der Waals surface area contributed by atoms with Crippen molar-refractivity contribution in [3.63, 3.8) is 0 Å². The average Bonchev–Trinajstić information content (AvgIpc) is 3.51. The maximum atomic E-state index is 13.4. The molecular formula is C31H25BrN6O3. The zero-order valence-corrected chi connectivity index (χ0v) is 24.1. The van der Waals surface area contributed by atoms with E-state index in [-0.39, 0.29) is 11.3 Å². The molecule has 1 amide bonds. The van der Waals surface area contributed by atoms with E-state index in [9.17, 15) is 14.9 Å². The highest BCUT2D eigenvalue weighted by Gasteiger charge is 2.21. The smallest absolute Gasteiger partial charge is 0.295 e. The van der Waals surface area contributed by atoms with Crippen LogP contribution in [-0.4, -0.2) is 32.2 Å². The fraction of sp³-hybridized carbons (Fsp3) is 0.0968. The molecule has 5 aromatic rings. The highest BCUT2D eigenvalue weighted by Crippen LogP contribution is 2.33. The Kier molecular flexibility index (Phi) is 7.72. The molecule has 2 aromatic heterocycles. The quantitative estimate of drug-likeness (QED) is 0.190. The second kappa shape index (κ2) is 11.5. The molecule has 0 bridgehead atoms. The number of methoxy groups -OCH3 is 1. The van der Waals surface area contributed by atoms with E-state index >= 15 is 0 Å². The van der Waals surface area contributed by atoms with Crippen molar-refractivity contribution < 1.29 is 9.53 Å². The van der Waals surface area contributed by atoms with Crippen LogP contribution in [-0.2, 0) is 11.8 Å². The van der Waals surface area contributed by atoms with Crippen molar-refractivity contribution in [1.82, 2.24) is 19.1 Å². The molecule has 0 radical (unpaired) electrons. The lowest BCUT2D eigenvalue weighted by Crippen LogP contribution is -2.23. The van der Waals surface area contributed by atoms with Gasteiger partial charge in [-0.2, -0.15) is 10.4 Å². The maximum Gasteiger partial charge on any atom is 0.295 e. The molecule has 2 heterocycles. The normalized spacial score (nSPS) is 11.2. The summed E-state index contributed by atoms with van der Waals surface area (Å²) in [6.07, 6.45) is 3.23. The summed E-state index contributed by atoms with van der Waals surface area (Å²) in [5.74, 6) is -0.0438. The average molecular weight is 609 g/mol. The molecule has 9 nitrogen and oxygen atoms in total. The third kappa shape index (κ3) is 5.35. The Balaban J connectivity index is 1.56. The number of carbonyl (C=O) groups is 1. The summed E-state index contributed by atoms with van der Waals surface area (Å²) in [6.45, 7) is 1.73. The van der Waals surface area contributed by atoms with Crippen LogP contribution in [0.3, 0.4) is 0 Å². The molecule has 0 spiro atoms. The highest BCUT2D eigenvalue weighted by molar-refractivity contribution is 9.10. The van der Waals surface area contributed by atoms with Crippen LogP contribution in [0.4, 0.5) is 5.69 Å². The number of hydrogen-bond donors (Lipinski definition) is 1. The molecule has 0 saturated carbocycles. The van der Waals surface area contributed by atoms with E-state index in [0.717, 1.165) is 15.7 Å². The van der Waals surface area contributed by atoms with Gasteiger partial charge in [0.2, 0.25) is 0 Å². The van der Waals surface area contributed by atoms with Gasteiger partial charge in [-0.1, -0.05) is 36.4 Å². The number of benzene rings is 3. The lowest BCUT2D eigenvalue weighted by Gasteiger charge is -2.07. The molecule has 0 atom stereocenters. The Morgan fingerprint density at radius 2 is 1.71 bits per heavy atom. The van der Waals surface area contributed by atoms with Crippen LogP contribution in [0.25, 0.3) is 28.7 Å². The van der Waals surface area contributed by atoms with Crippen LogP contribution < -0.4 is 15.6 Å². The van der Waals surface area contributed by atoms with E-state index in [1.54, 1.807) is 48.8 Å². The first kappa shape index (κ1) is 27.4. The van der Waals surface area contributed by atoms with Gasteiger partial charge < -0.3 is 10.1 Å². The summed E-state index contributed by atoms with van der Waals surface area (Å²) >= 11 is 3.52. The van der Waals surface area contributed by atoms with E-state index in [4.69, 9.17) is 9.84 Å². The number of nitriles is 1. The number of halogens is 1. The van der Waals surface area contributed by atoms with Gasteiger partial charge in [0.05, 0.1) is 28.7 Å². The number of carbonyl (C=O) groups excluding carboxylic acids is 1. The molecule has 1 N–H and O–H groups in total. The van der Waals surface area contributed by atoms with Crippen molar-refractivity contribution in [2.24, 2.45) is 7.05 Å². The Bertz CT molecular complexity index is 1880. The van der Waals surface area contributed by atoms with Crippen molar-refractivity contribution in [3.8, 4) is 34.5 Å². The Morgan fingerprint density at radius 3 is 2.32 bits per heavy atom. The molecule has 41 heavy (non-hydrogen) atoms. The summed E-state index contributed by atoms with van der Waals surface area (Å²) in [7, 11) is 3.32. The Morgan fingerprint density at radius 1 is 1.05 bits per heavy atom. The number of para-hydroxylation sites is 2. The second-order valence-electron chi connectivity index (χ2n) is 9.12. The summed E-state index contributed by atoms with van der Waals surface area (Å²) in [5.41, 5.74) is 3.38. The van der Waals surface area contributed by atoms with Crippen molar-refractivity contribution in [3.05, 3.63) is 117 Å². The number of hydrogen-bond acceptors (Lipinski definition) is 5. The third-order valence-electron chi connectivity index (χ3n) is 6.65. The first-order valence-electron chi connectivity index (χ1n) is 12.6. The van der Waals surface area contributed by atoms with Crippen LogP contribution in [0.2, 0.25) is 0 Å². The summed E-state index contributed by atoms with van der Waals surface area (Å²) in [4.78, 5) is 26.7. The standard InChI is InChI=1S/C31H25BrN6O3/c1-20-28(31(40)38(36(20)2)25-12-8-5-9-13-25)34-30(39)22(18-33)16-23-19-37(24-10-6-4-7-11-24)35-29(23)21-14-15-27(41-3)26(32)17-21/h4-17,19H,1-3H3,(H,34,39)/b22-16+. The number of ether oxygens (including phenoxy) is 1. The molecule has 0 fully saturated rings. The second-order valence-corrected chi connectivity index (χ2v) is 9.98. The third-order valence-corrected chi connectivity index (χ3v) is 7.27. The molecule has 10 heteroatoms. The number of rotatable bonds is 7. The van der Waals surface area contributed by atoms with Crippen LogP contribution in [0.15, 0.2) is 99.9 Å². The topological polar surface area (TPSA) is 107 Å². The maximum absolute atomic E-state index is 13.4. The monoisotopic (exact) mass is 608 g/mol. The van der Waals surface area contributed by atoms with E-state index in [1.165, 1.54) is 10.8 Å². The Labute approximate surface area is 244 Å². The van der Waals surface area contributed by atoms with E-state index in [0.29, 0.717) is 28.4 Å². The number of nitrogens with one attached hydrogen (secondary N) is 1. The van der Waals surface area contributed by atoms with Crippen LogP contribution in [0.5, 0.6) is 5.75 Å². The lowest BCUT2D eigenvalue weighted by atomic mass is 10.1. The number of amides is 1. The van der Waals surface area contributed by atoms with E-state index in [2.05, 4.69) is 21.2 Å². The molecule has 5 rings (SSSR count). The minimum absolute atomic E-state index is 0.0989. The van der Waals surface area contributed by atoms with Crippen molar-refractivity contribution >= 4 is 33.6 Å². The van der Waals surface area contributed by atoms with Gasteiger partial charge in [0.1, 0.15) is 28.8 Å². The predicted molar refractivity (Wildman–Crippen MR) is 161 cm³/mol. The number of nitrogens with zero attached hydrogens (tertiary/aromatic N) is 5. The lowest BCUT2D eigenvalue weighted by molar-refractivity contribution is -0.112. The van der Waals surface area contributed by atoms with Crippen molar-refractivity contribution in [2.45, 2.75) is 6.92 Å². The minimum Gasteiger partial charge on any atom is -0.496 e. The SMILES string of the molecule is COc1ccc(-c2nn(-c3ccccc3)cc2/C=C(\C#N)C(=O)Nc2c(C)n(C)n(-c3ccccc3)c2=O)cc1Br. The molecule has 0 saturated heterocycles.